The molecule has 1 fully saturated rings. The van der Waals surface area contributed by atoms with Gasteiger partial charge in [0.15, 0.2) is 0 Å². The summed E-state index contributed by atoms with van der Waals surface area (Å²) in [5.41, 5.74) is -0.647. The maximum Gasteiger partial charge on any atom is 0.315 e. The molecule has 82 valence electrons. The van der Waals surface area contributed by atoms with Crippen LogP contribution in [-0.2, 0) is 9.53 Å². The topological polar surface area (TPSA) is 58.6 Å². The molecular weight excluding hydrogens is 182 g/mol. The van der Waals surface area contributed by atoms with E-state index in [1.165, 1.54) is 12.8 Å². The molecule has 1 rings (SSSR count). The van der Waals surface area contributed by atoms with Crippen LogP contribution in [0.15, 0.2) is 0 Å². The Hall–Kier alpha value is -0.610. The Bertz CT molecular complexity index is 190. The SMILES string of the molecule is CCCCCNCC1(C(=O)O)COC1. The average Bonchev–Trinajstić information content (AvgIpc) is 2.07. The Morgan fingerprint density at radius 2 is 2.21 bits per heavy atom. The molecule has 1 heterocycles. The fourth-order valence-electron chi connectivity index (χ4n) is 1.48. The fourth-order valence-corrected chi connectivity index (χ4v) is 1.48. The first-order valence-electron chi connectivity index (χ1n) is 5.23. The largest absolute Gasteiger partial charge is 0.481 e. The molecule has 0 aromatic carbocycles. The molecular formula is C10H19NO3. The van der Waals surface area contributed by atoms with Crippen LogP contribution in [0.1, 0.15) is 26.2 Å². The highest BCUT2D eigenvalue weighted by Crippen LogP contribution is 2.26. The molecule has 1 saturated heterocycles. The quantitative estimate of drug-likeness (QED) is 0.600. The standard InChI is InChI=1S/C10H19NO3/c1-2-3-4-5-11-6-10(9(12)13)7-14-8-10/h11H,2-8H2,1H3,(H,12,13). The normalized spacial score (nSPS) is 18.9. The molecule has 0 aliphatic carbocycles. The van der Waals surface area contributed by atoms with Crippen LogP contribution in [-0.4, -0.2) is 37.4 Å². The van der Waals surface area contributed by atoms with Crippen molar-refractivity contribution >= 4 is 5.97 Å². The van der Waals surface area contributed by atoms with Crippen LogP contribution in [0.4, 0.5) is 0 Å². The number of carboxylic acid groups (broad SMARTS) is 1. The van der Waals surface area contributed by atoms with E-state index in [2.05, 4.69) is 12.2 Å². The van der Waals surface area contributed by atoms with Crippen LogP contribution >= 0.6 is 0 Å². The highest BCUT2D eigenvalue weighted by atomic mass is 16.5. The Morgan fingerprint density at radius 3 is 2.64 bits per heavy atom. The van der Waals surface area contributed by atoms with Crippen LogP contribution in [0.25, 0.3) is 0 Å². The molecule has 1 aliphatic rings. The molecule has 4 heteroatoms. The molecule has 0 unspecified atom stereocenters. The van der Waals surface area contributed by atoms with Crippen molar-refractivity contribution < 1.29 is 14.6 Å². The minimum absolute atomic E-state index is 0.350. The van der Waals surface area contributed by atoms with Gasteiger partial charge in [0.2, 0.25) is 0 Å². The number of hydrogen-bond acceptors (Lipinski definition) is 3. The number of ether oxygens (including phenoxy) is 1. The van der Waals surface area contributed by atoms with E-state index in [4.69, 9.17) is 9.84 Å². The van der Waals surface area contributed by atoms with Gasteiger partial charge in [0.25, 0.3) is 0 Å². The molecule has 0 bridgehead atoms. The lowest BCUT2D eigenvalue weighted by Gasteiger charge is -2.37. The third-order valence-electron chi connectivity index (χ3n) is 2.63. The van der Waals surface area contributed by atoms with Crippen LogP contribution < -0.4 is 5.32 Å². The highest BCUT2D eigenvalue weighted by Gasteiger charge is 2.45. The van der Waals surface area contributed by atoms with Crippen LogP contribution in [0.2, 0.25) is 0 Å². The van der Waals surface area contributed by atoms with Crippen molar-refractivity contribution in [3.8, 4) is 0 Å². The molecule has 0 spiro atoms. The summed E-state index contributed by atoms with van der Waals surface area (Å²) >= 11 is 0. The average molecular weight is 201 g/mol. The molecule has 14 heavy (non-hydrogen) atoms. The lowest BCUT2D eigenvalue weighted by Crippen LogP contribution is -2.55. The van der Waals surface area contributed by atoms with Crippen molar-refractivity contribution in [3.05, 3.63) is 0 Å². The molecule has 0 amide bonds. The summed E-state index contributed by atoms with van der Waals surface area (Å²) < 4.78 is 4.96. The summed E-state index contributed by atoms with van der Waals surface area (Å²) in [6, 6.07) is 0. The fraction of sp³-hybridized carbons (Fsp3) is 0.900. The van der Waals surface area contributed by atoms with Gasteiger partial charge < -0.3 is 15.2 Å². The minimum atomic E-state index is -0.744. The van der Waals surface area contributed by atoms with Gasteiger partial charge in [0.05, 0.1) is 13.2 Å². The number of carbonyl (C=O) groups is 1. The van der Waals surface area contributed by atoms with Gasteiger partial charge in [-0.15, -0.1) is 0 Å². The number of rotatable bonds is 7. The van der Waals surface area contributed by atoms with Gasteiger partial charge in [-0.1, -0.05) is 19.8 Å². The lowest BCUT2D eigenvalue weighted by atomic mass is 9.86. The van der Waals surface area contributed by atoms with Gasteiger partial charge in [-0.05, 0) is 13.0 Å². The summed E-state index contributed by atoms with van der Waals surface area (Å²) in [7, 11) is 0. The van der Waals surface area contributed by atoms with E-state index in [1.807, 2.05) is 0 Å². The first-order valence-corrected chi connectivity index (χ1v) is 5.23. The zero-order valence-electron chi connectivity index (χ0n) is 8.71. The third kappa shape index (κ3) is 2.69. The van der Waals surface area contributed by atoms with Gasteiger partial charge in [-0.25, -0.2) is 0 Å². The first-order chi connectivity index (χ1) is 6.71. The van der Waals surface area contributed by atoms with Crippen LogP contribution in [0.5, 0.6) is 0 Å². The van der Waals surface area contributed by atoms with E-state index in [0.717, 1.165) is 13.0 Å². The van der Waals surface area contributed by atoms with Crippen molar-refractivity contribution in [2.24, 2.45) is 5.41 Å². The number of hydrogen-bond donors (Lipinski definition) is 2. The summed E-state index contributed by atoms with van der Waals surface area (Å²) in [6.45, 7) is 4.29. The van der Waals surface area contributed by atoms with Crippen molar-refractivity contribution in [1.82, 2.24) is 5.32 Å². The second kappa shape index (κ2) is 5.32. The summed E-state index contributed by atoms with van der Waals surface area (Å²) in [5.74, 6) is -0.744. The molecule has 0 aromatic rings. The Labute approximate surface area is 84.6 Å². The predicted octanol–water partition coefficient (Wildman–Crippen LogP) is 0.867. The van der Waals surface area contributed by atoms with Gasteiger partial charge in [-0.2, -0.15) is 0 Å². The Morgan fingerprint density at radius 1 is 1.50 bits per heavy atom. The van der Waals surface area contributed by atoms with E-state index < -0.39 is 11.4 Å². The summed E-state index contributed by atoms with van der Waals surface area (Å²) in [6.07, 6.45) is 3.51. The Kier molecular flexibility index (Phi) is 4.35. The zero-order valence-corrected chi connectivity index (χ0v) is 8.71. The molecule has 4 nitrogen and oxygen atoms in total. The summed E-state index contributed by atoms with van der Waals surface area (Å²) in [4.78, 5) is 10.9. The number of aliphatic carboxylic acids is 1. The minimum Gasteiger partial charge on any atom is -0.481 e. The third-order valence-corrected chi connectivity index (χ3v) is 2.63. The predicted molar refractivity (Wildman–Crippen MR) is 53.3 cm³/mol. The van der Waals surface area contributed by atoms with Crippen LogP contribution in [0, 0.1) is 5.41 Å². The van der Waals surface area contributed by atoms with Crippen LogP contribution in [0.3, 0.4) is 0 Å². The van der Waals surface area contributed by atoms with Crippen molar-refractivity contribution in [2.45, 2.75) is 26.2 Å². The summed E-state index contributed by atoms with van der Waals surface area (Å²) in [5, 5.41) is 12.1. The smallest absolute Gasteiger partial charge is 0.315 e. The van der Waals surface area contributed by atoms with Crippen molar-refractivity contribution in [3.63, 3.8) is 0 Å². The van der Waals surface area contributed by atoms with Crippen molar-refractivity contribution in [1.29, 1.82) is 0 Å². The number of unbranched alkanes of at least 4 members (excludes halogenated alkanes) is 2. The van der Waals surface area contributed by atoms with Gasteiger partial charge in [0.1, 0.15) is 5.41 Å². The van der Waals surface area contributed by atoms with E-state index >= 15 is 0 Å². The van der Waals surface area contributed by atoms with E-state index in [9.17, 15) is 4.79 Å². The molecule has 0 saturated carbocycles. The first kappa shape index (κ1) is 11.5. The second-order valence-corrected chi connectivity index (χ2v) is 3.96. The van der Waals surface area contributed by atoms with E-state index in [-0.39, 0.29) is 0 Å². The molecule has 0 radical (unpaired) electrons. The zero-order chi connectivity index (χ0) is 10.4. The van der Waals surface area contributed by atoms with E-state index in [0.29, 0.717) is 19.8 Å². The lowest BCUT2D eigenvalue weighted by molar-refractivity contribution is -0.178. The maximum absolute atomic E-state index is 10.9. The second-order valence-electron chi connectivity index (χ2n) is 3.96. The molecule has 0 atom stereocenters. The maximum atomic E-state index is 10.9. The number of nitrogens with one attached hydrogen (secondary N) is 1. The highest BCUT2D eigenvalue weighted by molar-refractivity contribution is 5.76. The monoisotopic (exact) mass is 201 g/mol. The Balaban J connectivity index is 2.12. The van der Waals surface area contributed by atoms with Gasteiger partial charge in [0, 0.05) is 6.54 Å². The molecule has 2 N–H and O–H groups in total. The molecule has 1 aliphatic heterocycles. The molecule has 0 aromatic heterocycles. The van der Waals surface area contributed by atoms with Gasteiger partial charge in [-0.3, -0.25) is 4.79 Å². The van der Waals surface area contributed by atoms with E-state index in [1.54, 1.807) is 0 Å². The van der Waals surface area contributed by atoms with Crippen molar-refractivity contribution in [2.75, 3.05) is 26.3 Å². The van der Waals surface area contributed by atoms with Gasteiger partial charge >= 0.3 is 5.97 Å². The number of carboxylic acids is 1.